The van der Waals surface area contributed by atoms with Crippen molar-refractivity contribution >= 4 is 17.7 Å². The van der Waals surface area contributed by atoms with Crippen LogP contribution in [0.1, 0.15) is 10.8 Å². The maximum absolute atomic E-state index is 13.1. The number of ether oxygens (including phenoxy) is 1. The van der Waals surface area contributed by atoms with Gasteiger partial charge in [0.15, 0.2) is 0 Å². The van der Waals surface area contributed by atoms with Crippen LogP contribution in [0.3, 0.4) is 0 Å². The van der Waals surface area contributed by atoms with Crippen LogP contribution in [0.4, 0.5) is 4.39 Å². The predicted molar refractivity (Wildman–Crippen MR) is 59.3 cm³/mol. The van der Waals surface area contributed by atoms with Gasteiger partial charge in [0, 0.05) is 16.6 Å². The average Bonchev–Trinajstić information content (AvgIpc) is 2.15. The molecule has 1 saturated heterocycles. The molecule has 0 aromatic heterocycles. The third-order valence-corrected chi connectivity index (χ3v) is 4.13. The molecule has 1 N–H and O–H groups in total. The third-order valence-electron chi connectivity index (χ3n) is 2.64. The minimum atomic E-state index is -0.838. The molecule has 1 aromatic carbocycles. The lowest BCUT2D eigenvalue weighted by molar-refractivity contribution is -0.141. The Morgan fingerprint density at radius 3 is 2.88 bits per heavy atom. The van der Waals surface area contributed by atoms with Crippen molar-refractivity contribution in [3.8, 4) is 5.75 Å². The Kier molecular flexibility index (Phi) is 3.05. The SMILES string of the molecule is COc1ccc(F)cc1C1SCC1C(=O)O. The first-order valence-electron chi connectivity index (χ1n) is 4.81. The maximum Gasteiger partial charge on any atom is 0.308 e. The number of carboxylic acid groups (broad SMARTS) is 1. The van der Waals surface area contributed by atoms with Crippen molar-refractivity contribution in [3.63, 3.8) is 0 Å². The van der Waals surface area contributed by atoms with E-state index in [1.807, 2.05) is 0 Å². The Labute approximate surface area is 96.6 Å². The fourth-order valence-electron chi connectivity index (χ4n) is 1.72. The van der Waals surface area contributed by atoms with Gasteiger partial charge in [0.05, 0.1) is 13.0 Å². The molecule has 0 aliphatic carbocycles. The van der Waals surface area contributed by atoms with E-state index in [2.05, 4.69) is 0 Å². The standard InChI is InChI=1S/C11H11FO3S/c1-15-9-3-2-6(12)4-7(9)10-8(5-16-10)11(13)14/h2-4,8,10H,5H2,1H3,(H,13,14). The lowest BCUT2D eigenvalue weighted by Gasteiger charge is -2.33. The zero-order valence-corrected chi connectivity index (χ0v) is 9.46. The normalized spacial score (nSPS) is 23.6. The summed E-state index contributed by atoms with van der Waals surface area (Å²) in [5.41, 5.74) is 0.631. The Balaban J connectivity index is 2.32. The number of hydrogen-bond acceptors (Lipinski definition) is 3. The maximum atomic E-state index is 13.1. The van der Waals surface area contributed by atoms with Gasteiger partial charge in [0.25, 0.3) is 0 Å². The molecular formula is C11H11FO3S. The summed E-state index contributed by atoms with van der Waals surface area (Å²) in [4.78, 5) is 10.9. The molecule has 1 aliphatic heterocycles. The Morgan fingerprint density at radius 1 is 1.62 bits per heavy atom. The van der Waals surface area contributed by atoms with Crippen LogP contribution >= 0.6 is 11.8 Å². The summed E-state index contributed by atoms with van der Waals surface area (Å²) in [6.07, 6.45) is 0. The molecule has 1 aromatic rings. The van der Waals surface area contributed by atoms with E-state index < -0.39 is 11.9 Å². The summed E-state index contributed by atoms with van der Waals surface area (Å²) in [5.74, 6) is -0.535. The molecule has 1 heterocycles. The van der Waals surface area contributed by atoms with E-state index in [0.29, 0.717) is 17.1 Å². The van der Waals surface area contributed by atoms with Crippen molar-refractivity contribution in [1.29, 1.82) is 0 Å². The van der Waals surface area contributed by atoms with Gasteiger partial charge in [-0.05, 0) is 18.2 Å². The molecule has 86 valence electrons. The summed E-state index contributed by atoms with van der Waals surface area (Å²) in [6.45, 7) is 0. The van der Waals surface area contributed by atoms with E-state index >= 15 is 0 Å². The van der Waals surface area contributed by atoms with Gasteiger partial charge in [-0.25, -0.2) is 4.39 Å². The first-order chi connectivity index (χ1) is 7.63. The number of methoxy groups -OCH3 is 1. The minimum Gasteiger partial charge on any atom is -0.496 e. The van der Waals surface area contributed by atoms with Crippen LogP contribution in [0.5, 0.6) is 5.75 Å². The van der Waals surface area contributed by atoms with Crippen molar-refractivity contribution in [3.05, 3.63) is 29.6 Å². The number of rotatable bonds is 3. The second-order valence-electron chi connectivity index (χ2n) is 3.58. The Morgan fingerprint density at radius 2 is 2.38 bits per heavy atom. The van der Waals surface area contributed by atoms with Crippen molar-refractivity contribution in [1.82, 2.24) is 0 Å². The van der Waals surface area contributed by atoms with E-state index in [1.165, 1.54) is 37.1 Å². The van der Waals surface area contributed by atoms with Gasteiger partial charge in [-0.1, -0.05) is 0 Å². The molecule has 2 unspecified atom stereocenters. The molecule has 0 bridgehead atoms. The van der Waals surface area contributed by atoms with Crippen LogP contribution in [0, 0.1) is 11.7 Å². The van der Waals surface area contributed by atoms with Crippen molar-refractivity contribution in [2.75, 3.05) is 12.9 Å². The molecule has 0 radical (unpaired) electrons. The molecule has 1 fully saturated rings. The highest BCUT2D eigenvalue weighted by Gasteiger charge is 2.40. The molecule has 3 nitrogen and oxygen atoms in total. The molecule has 0 amide bonds. The minimum absolute atomic E-state index is 0.205. The van der Waals surface area contributed by atoms with E-state index in [0.717, 1.165) is 0 Å². The number of aliphatic carboxylic acids is 1. The number of thioether (sulfide) groups is 1. The van der Waals surface area contributed by atoms with Crippen LogP contribution in [-0.4, -0.2) is 23.9 Å². The number of carboxylic acids is 1. The molecule has 2 atom stereocenters. The monoisotopic (exact) mass is 242 g/mol. The predicted octanol–water partition coefficient (Wildman–Crippen LogP) is 2.32. The number of hydrogen-bond donors (Lipinski definition) is 1. The van der Waals surface area contributed by atoms with Crippen LogP contribution in [-0.2, 0) is 4.79 Å². The number of halogens is 1. The highest BCUT2D eigenvalue weighted by Crippen LogP contribution is 2.50. The summed E-state index contributed by atoms with van der Waals surface area (Å²) >= 11 is 1.51. The zero-order valence-electron chi connectivity index (χ0n) is 8.64. The largest absolute Gasteiger partial charge is 0.496 e. The second-order valence-corrected chi connectivity index (χ2v) is 4.76. The van der Waals surface area contributed by atoms with Gasteiger partial charge in [-0.2, -0.15) is 11.8 Å². The summed E-state index contributed by atoms with van der Waals surface area (Å²) in [5, 5.41) is 8.74. The molecular weight excluding hydrogens is 231 g/mol. The average molecular weight is 242 g/mol. The molecule has 0 saturated carbocycles. The van der Waals surface area contributed by atoms with Gasteiger partial charge in [-0.15, -0.1) is 0 Å². The summed E-state index contributed by atoms with van der Waals surface area (Å²) in [6, 6.07) is 4.19. The van der Waals surface area contributed by atoms with Gasteiger partial charge in [0.2, 0.25) is 0 Å². The van der Waals surface area contributed by atoms with E-state index in [1.54, 1.807) is 0 Å². The Bertz CT molecular complexity index is 422. The lowest BCUT2D eigenvalue weighted by atomic mass is 9.98. The highest BCUT2D eigenvalue weighted by atomic mass is 32.2. The number of carbonyl (C=O) groups is 1. The van der Waals surface area contributed by atoms with Crippen molar-refractivity contribution < 1.29 is 19.0 Å². The smallest absolute Gasteiger partial charge is 0.308 e. The van der Waals surface area contributed by atoms with Gasteiger partial charge in [0.1, 0.15) is 11.6 Å². The van der Waals surface area contributed by atoms with Crippen LogP contribution < -0.4 is 4.74 Å². The summed E-state index contributed by atoms with van der Waals surface area (Å²) < 4.78 is 18.2. The topological polar surface area (TPSA) is 46.5 Å². The zero-order chi connectivity index (χ0) is 11.7. The van der Waals surface area contributed by atoms with Crippen LogP contribution in [0.25, 0.3) is 0 Å². The molecule has 2 rings (SSSR count). The van der Waals surface area contributed by atoms with Crippen molar-refractivity contribution in [2.24, 2.45) is 5.92 Å². The Hall–Kier alpha value is -1.23. The fraction of sp³-hybridized carbons (Fsp3) is 0.364. The van der Waals surface area contributed by atoms with E-state index in [9.17, 15) is 9.18 Å². The molecule has 1 aliphatic rings. The van der Waals surface area contributed by atoms with Crippen LogP contribution in [0.2, 0.25) is 0 Å². The second kappa shape index (κ2) is 4.33. The third kappa shape index (κ3) is 1.87. The van der Waals surface area contributed by atoms with E-state index in [-0.39, 0.29) is 11.1 Å². The fourth-order valence-corrected chi connectivity index (χ4v) is 2.92. The van der Waals surface area contributed by atoms with Crippen molar-refractivity contribution in [2.45, 2.75) is 5.25 Å². The van der Waals surface area contributed by atoms with E-state index in [4.69, 9.17) is 9.84 Å². The molecule has 0 spiro atoms. The van der Waals surface area contributed by atoms with Gasteiger partial charge < -0.3 is 9.84 Å². The molecule has 16 heavy (non-hydrogen) atoms. The van der Waals surface area contributed by atoms with Gasteiger partial charge in [-0.3, -0.25) is 4.79 Å². The first-order valence-corrected chi connectivity index (χ1v) is 5.86. The summed E-state index contributed by atoms with van der Waals surface area (Å²) in [7, 11) is 1.50. The lowest BCUT2D eigenvalue weighted by Crippen LogP contribution is -2.31. The number of benzene rings is 1. The quantitative estimate of drug-likeness (QED) is 0.883. The molecule has 5 heteroatoms. The van der Waals surface area contributed by atoms with Gasteiger partial charge >= 0.3 is 5.97 Å². The highest BCUT2D eigenvalue weighted by molar-refractivity contribution is 8.01. The van der Waals surface area contributed by atoms with Crippen LogP contribution in [0.15, 0.2) is 18.2 Å². The first kappa shape index (κ1) is 11.3.